The Morgan fingerprint density at radius 1 is 0.222 bits per heavy atom. The minimum absolute atomic E-state index is 0.00216. The monoisotopic (exact) mass is 1670 g/mol. The second-order valence-corrected chi connectivity index (χ2v) is 39.2. The van der Waals surface area contributed by atoms with E-state index < -0.39 is 0 Å². The first-order valence-corrected chi connectivity index (χ1v) is 46.1. The first-order chi connectivity index (χ1) is 61.5. The number of nitrogens with one attached hydrogen (secondary N) is 4. The molecule has 0 radical (unpaired) electrons. The Labute approximate surface area is 746 Å². The molecule has 4 N–H and O–H groups in total. The Morgan fingerprint density at radius 2 is 0.643 bits per heavy atom. The lowest BCUT2D eigenvalue weighted by Crippen LogP contribution is -2.15. The van der Waals surface area contributed by atoms with Gasteiger partial charge in [-0.15, -0.1) is 34.0 Å². The Balaban J connectivity index is 0.0000000969. The van der Waals surface area contributed by atoms with E-state index in [1.807, 2.05) is 46.1 Å². The molecular formula is C118H90N4OS3. The topological polar surface area (TPSA) is 61.3 Å². The molecule has 26 rings (SSSR count). The molecule has 4 heterocycles. The van der Waals surface area contributed by atoms with Crippen molar-refractivity contribution in [2.45, 2.75) is 77.0 Å². The van der Waals surface area contributed by atoms with Gasteiger partial charge in [-0.2, -0.15) is 0 Å². The van der Waals surface area contributed by atoms with Crippen LogP contribution in [0.4, 0.5) is 45.5 Å². The fraction of sp³-hybridized carbons (Fsp3) is 0.102. The minimum Gasteiger partial charge on any atom is -0.454 e. The van der Waals surface area contributed by atoms with Crippen LogP contribution in [0.15, 0.2) is 381 Å². The number of hydrogen-bond acceptors (Lipinski definition) is 8. The van der Waals surface area contributed by atoms with E-state index in [9.17, 15) is 0 Å². The smallest absolute Gasteiger partial charge is 0.158 e. The predicted octanol–water partition coefficient (Wildman–Crippen LogP) is 34.8. The fourth-order valence-electron chi connectivity index (χ4n) is 20.9. The van der Waals surface area contributed by atoms with E-state index >= 15 is 0 Å². The van der Waals surface area contributed by atoms with E-state index in [0.29, 0.717) is 0 Å². The van der Waals surface area contributed by atoms with Crippen molar-refractivity contribution < 1.29 is 4.42 Å². The van der Waals surface area contributed by atoms with Crippen LogP contribution in [0, 0.1) is 0 Å². The molecule has 0 fully saturated rings. The van der Waals surface area contributed by atoms with E-state index in [2.05, 4.69) is 441 Å². The van der Waals surface area contributed by atoms with Gasteiger partial charge in [-0.3, -0.25) is 0 Å². The number of rotatable bonds is 9. The molecule has 22 aromatic rings. The highest BCUT2D eigenvalue weighted by molar-refractivity contribution is 7.27. The molecular weight excluding hydrogens is 1590 g/mol. The number of para-hydroxylation sites is 2. The van der Waals surface area contributed by atoms with Crippen molar-refractivity contribution in [3.05, 3.63) is 421 Å². The number of anilines is 8. The molecule has 4 aromatic heterocycles. The van der Waals surface area contributed by atoms with Crippen molar-refractivity contribution in [3.8, 4) is 55.6 Å². The van der Waals surface area contributed by atoms with Crippen LogP contribution in [0.25, 0.3) is 149 Å². The van der Waals surface area contributed by atoms with Gasteiger partial charge in [0.15, 0.2) is 5.58 Å². The van der Waals surface area contributed by atoms with E-state index in [1.165, 1.54) is 194 Å². The number of fused-ring (bicyclic) bond motifs is 25. The summed E-state index contributed by atoms with van der Waals surface area (Å²) in [4.78, 5) is 0. The molecule has 4 aliphatic rings. The molecule has 0 saturated heterocycles. The lowest BCUT2D eigenvalue weighted by molar-refractivity contribution is 0.660. The van der Waals surface area contributed by atoms with Crippen LogP contribution in [-0.4, -0.2) is 0 Å². The Hall–Kier alpha value is -14.1. The fourth-order valence-corrected chi connectivity index (χ4v) is 24.6. The van der Waals surface area contributed by atoms with Gasteiger partial charge in [-0.25, -0.2) is 0 Å². The van der Waals surface area contributed by atoms with Crippen molar-refractivity contribution in [3.63, 3.8) is 0 Å². The van der Waals surface area contributed by atoms with E-state index in [1.54, 1.807) is 0 Å². The third-order valence-corrected chi connectivity index (χ3v) is 30.9. The maximum Gasteiger partial charge on any atom is 0.158 e. The van der Waals surface area contributed by atoms with Gasteiger partial charge in [-0.05, 0) is 202 Å². The SMILES string of the molecule is CC1(C)c2ccccc2-c2c(Nc3cccc4c3sc3c(-c5ccccc5)cccc34)cccc21.CC1(C)c2ccccc2-c2cc(Nc3cccc4c3oc3ccccc34)ccc21.CC1(C)c2ccccc2-c2cc(Nc3cccc4c3sc3cc5ccccc5cc34)ccc21.CC1(C)c2ccccc2-c2ccc(Nc3cccc4sc5ccccc5c34)cc21. The third-order valence-electron chi connectivity index (χ3n) is 27.2. The zero-order chi connectivity index (χ0) is 84.9. The van der Waals surface area contributed by atoms with Gasteiger partial charge in [0.2, 0.25) is 0 Å². The van der Waals surface area contributed by atoms with Crippen molar-refractivity contribution >= 4 is 173 Å². The Bertz CT molecular complexity index is 8190. The number of benzene rings is 18. The predicted molar refractivity (Wildman–Crippen MR) is 544 cm³/mol. The van der Waals surface area contributed by atoms with Crippen LogP contribution < -0.4 is 21.3 Å². The standard InChI is InChI=1S/C33H25NS.C31H23NS.C27H21NO.C27H21NS/c1-33(2)26-17-7-6-13-25(26)30-27(33)18-10-19-28(30)34-29-20-9-16-24-23-15-8-14-22(31(23)35-32(24)29)21-11-4-3-5-12-21;1-31(2)26-12-6-5-10-22(26)24-18-21(14-15-27(24)31)32-28-13-7-11-23-25-16-19-8-3-4-9-20(19)17-29(25)33-30(23)28;1-27(2)22-11-5-3-8-18(22)21-16-17(14-15-23(21)27)28-24-12-7-10-20-19-9-4-6-13-25(19)29-26(20)24;1-27(2)21-10-5-3-8-18(21)19-15-14-17(16-22(19)27)28-23-11-7-13-25-26(23)20-9-4-6-12-24(20)29-25/h3-20,34H,1-2H3;3-18,32H,1-2H3;2*3-16,28H,1-2H3. The molecule has 0 spiro atoms. The maximum atomic E-state index is 6.18. The normalized spacial score (nSPS) is 14.0. The summed E-state index contributed by atoms with van der Waals surface area (Å²) < 4.78 is 14.1. The van der Waals surface area contributed by atoms with Crippen LogP contribution in [0.5, 0.6) is 0 Å². The molecule has 0 amide bonds. The van der Waals surface area contributed by atoms with E-state index in [0.717, 1.165) is 44.7 Å². The molecule has 0 aliphatic heterocycles. The van der Waals surface area contributed by atoms with Gasteiger partial charge in [0, 0.05) is 118 Å². The molecule has 0 unspecified atom stereocenters. The molecule has 8 heteroatoms. The molecule has 126 heavy (non-hydrogen) atoms. The molecule has 18 aromatic carbocycles. The zero-order valence-corrected chi connectivity index (χ0v) is 73.9. The first-order valence-electron chi connectivity index (χ1n) is 43.7. The van der Waals surface area contributed by atoms with Crippen LogP contribution in [0.2, 0.25) is 0 Å². The highest BCUT2D eigenvalue weighted by atomic mass is 32.1. The van der Waals surface area contributed by atoms with Crippen LogP contribution in [0.1, 0.15) is 99.9 Å². The summed E-state index contributed by atoms with van der Waals surface area (Å²) in [6.45, 7) is 18.6. The summed E-state index contributed by atoms with van der Waals surface area (Å²) in [5.74, 6) is 0. The number of hydrogen-bond donors (Lipinski definition) is 4. The average Bonchev–Trinajstić information content (AvgIpc) is 1.58. The van der Waals surface area contributed by atoms with Gasteiger partial charge >= 0.3 is 0 Å². The van der Waals surface area contributed by atoms with Crippen LogP contribution >= 0.6 is 34.0 Å². The van der Waals surface area contributed by atoms with E-state index in [-0.39, 0.29) is 21.7 Å². The molecule has 0 saturated carbocycles. The second kappa shape index (κ2) is 29.8. The maximum absolute atomic E-state index is 6.18. The Kier molecular flexibility index (Phi) is 18.2. The number of thiophene rings is 3. The largest absolute Gasteiger partial charge is 0.454 e. The quantitative estimate of drug-likeness (QED) is 0.116. The van der Waals surface area contributed by atoms with Crippen molar-refractivity contribution in [2.24, 2.45) is 0 Å². The first kappa shape index (κ1) is 76.7. The number of furan rings is 1. The average molecular weight is 1680 g/mol. The zero-order valence-electron chi connectivity index (χ0n) is 71.4. The Morgan fingerprint density at radius 3 is 1.33 bits per heavy atom. The summed E-state index contributed by atoms with van der Waals surface area (Å²) in [6, 6.07) is 136. The molecule has 0 atom stereocenters. The summed E-state index contributed by atoms with van der Waals surface area (Å²) in [7, 11) is 0. The highest BCUT2D eigenvalue weighted by Gasteiger charge is 2.40. The third kappa shape index (κ3) is 12.6. The lowest BCUT2D eigenvalue weighted by Gasteiger charge is -2.22. The van der Waals surface area contributed by atoms with Crippen molar-refractivity contribution in [1.82, 2.24) is 0 Å². The molecule has 4 aliphatic carbocycles. The van der Waals surface area contributed by atoms with E-state index in [4.69, 9.17) is 4.42 Å². The summed E-state index contributed by atoms with van der Waals surface area (Å²) in [5, 5.41) is 27.7. The van der Waals surface area contributed by atoms with Gasteiger partial charge in [0.1, 0.15) is 5.58 Å². The van der Waals surface area contributed by atoms with Crippen LogP contribution in [-0.2, 0) is 21.7 Å². The summed E-state index contributed by atoms with van der Waals surface area (Å²) >= 11 is 5.62. The van der Waals surface area contributed by atoms with Crippen molar-refractivity contribution in [1.29, 1.82) is 0 Å². The van der Waals surface area contributed by atoms with Gasteiger partial charge in [-0.1, -0.05) is 334 Å². The second-order valence-electron chi connectivity index (χ2n) is 36.1. The molecule has 5 nitrogen and oxygen atoms in total. The highest BCUT2D eigenvalue weighted by Crippen LogP contribution is 2.57. The van der Waals surface area contributed by atoms with Crippen molar-refractivity contribution in [2.75, 3.05) is 21.3 Å². The molecule has 606 valence electrons. The lowest BCUT2D eigenvalue weighted by atomic mass is 9.82. The van der Waals surface area contributed by atoms with Gasteiger partial charge in [0.05, 0.1) is 26.5 Å². The summed E-state index contributed by atoms with van der Waals surface area (Å²) in [5.41, 5.74) is 35.4. The molecule has 0 bridgehead atoms. The van der Waals surface area contributed by atoms with Crippen LogP contribution in [0.3, 0.4) is 0 Å². The van der Waals surface area contributed by atoms with Gasteiger partial charge < -0.3 is 25.7 Å². The van der Waals surface area contributed by atoms with Gasteiger partial charge in [0.25, 0.3) is 0 Å². The minimum atomic E-state index is -0.00216. The summed E-state index contributed by atoms with van der Waals surface area (Å²) in [6.07, 6.45) is 0.